The first-order valence-electron chi connectivity index (χ1n) is 7.25. The van der Waals surface area contributed by atoms with Crippen LogP contribution in [0.15, 0.2) is 17.5 Å². The molecule has 0 spiro atoms. The van der Waals surface area contributed by atoms with E-state index in [1.807, 2.05) is 11.3 Å². The van der Waals surface area contributed by atoms with Crippen LogP contribution in [-0.4, -0.2) is 36.6 Å². The average molecular weight is 266 g/mol. The zero-order valence-electron chi connectivity index (χ0n) is 11.7. The van der Waals surface area contributed by atoms with E-state index in [1.54, 1.807) is 0 Å². The second kappa shape index (κ2) is 7.27. The van der Waals surface area contributed by atoms with Crippen molar-refractivity contribution < 1.29 is 0 Å². The van der Waals surface area contributed by atoms with Gasteiger partial charge >= 0.3 is 0 Å². The summed E-state index contributed by atoms with van der Waals surface area (Å²) in [5.74, 6) is 0. The second-order valence-electron chi connectivity index (χ2n) is 5.58. The SMILES string of the molecule is CC(C)NCC1CCCCN1CCc1cccs1. The van der Waals surface area contributed by atoms with Gasteiger partial charge in [-0.25, -0.2) is 0 Å². The lowest BCUT2D eigenvalue weighted by atomic mass is 10.0. The highest BCUT2D eigenvalue weighted by atomic mass is 32.1. The van der Waals surface area contributed by atoms with Crippen LogP contribution < -0.4 is 5.32 Å². The third-order valence-corrected chi connectivity index (χ3v) is 4.67. The molecular formula is C15H26N2S. The molecule has 102 valence electrons. The maximum atomic E-state index is 3.60. The molecule has 0 aliphatic carbocycles. The number of nitrogens with one attached hydrogen (secondary N) is 1. The van der Waals surface area contributed by atoms with Crippen LogP contribution in [0.3, 0.4) is 0 Å². The monoisotopic (exact) mass is 266 g/mol. The van der Waals surface area contributed by atoms with Crippen LogP contribution in [0.1, 0.15) is 38.0 Å². The largest absolute Gasteiger partial charge is 0.313 e. The van der Waals surface area contributed by atoms with Crippen molar-refractivity contribution in [2.75, 3.05) is 19.6 Å². The molecule has 3 heteroatoms. The number of nitrogens with zero attached hydrogens (tertiary/aromatic N) is 1. The summed E-state index contributed by atoms with van der Waals surface area (Å²) in [6.45, 7) is 8.14. The van der Waals surface area contributed by atoms with E-state index in [9.17, 15) is 0 Å². The van der Waals surface area contributed by atoms with Gasteiger partial charge in [0.25, 0.3) is 0 Å². The third kappa shape index (κ3) is 4.38. The van der Waals surface area contributed by atoms with Crippen LogP contribution in [0.25, 0.3) is 0 Å². The van der Waals surface area contributed by atoms with E-state index in [0.29, 0.717) is 6.04 Å². The summed E-state index contributed by atoms with van der Waals surface area (Å²) in [7, 11) is 0. The summed E-state index contributed by atoms with van der Waals surface area (Å²) in [6, 6.07) is 5.77. The topological polar surface area (TPSA) is 15.3 Å². The Kier molecular flexibility index (Phi) is 5.67. The minimum absolute atomic E-state index is 0.603. The van der Waals surface area contributed by atoms with Crippen molar-refractivity contribution >= 4 is 11.3 Å². The van der Waals surface area contributed by atoms with E-state index < -0.39 is 0 Å². The van der Waals surface area contributed by atoms with Crippen LogP contribution >= 0.6 is 11.3 Å². The molecule has 0 amide bonds. The predicted octanol–water partition coefficient (Wildman–Crippen LogP) is 3.14. The summed E-state index contributed by atoms with van der Waals surface area (Å²) < 4.78 is 0. The van der Waals surface area contributed by atoms with Gasteiger partial charge in [-0.1, -0.05) is 26.3 Å². The van der Waals surface area contributed by atoms with Crippen molar-refractivity contribution in [3.63, 3.8) is 0 Å². The normalized spacial score (nSPS) is 21.6. The number of rotatable bonds is 6. The first-order valence-corrected chi connectivity index (χ1v) is 8.13. The molecule has 1 aliphatic heterocycles. The van der Waals surface area contributed by atoms with Gasteiger partial charge in [0.15, 0.2) is 0 Å². The molecule has 1 aromatic rings. The molecule has 0 radical (unpaired) electrons. The zero-order valence-corrected chi connectivity index (χ0v) is 12.5. The van der Waals surface area contributed by atoms with Crippen molar-refractivity contribution in [2.24, 2.45) is 0 Å². The summed E-state index contributed by atoms with van der Waals surface area (Å²) in [5.41, 5.74) is 0. The lowest BCUT2D eigenvalue weighted by Crippen LogP contribution is -2.47. The molecular weight excluding hydrogens is 240 g/mol. The fraction of sp³-hybridized carbons (Fsp3) is 0.733. The Balaban J connectivity index is 1.79. The fourth-order valence-corrected chi connectivity index (χ4v) is 3.36. The van der Waals surface area contributed by atoms with Gasteiger partial charge in [-0.3, -0.25) is 4.90 Å². The average Bonchev–Trinajstić information content (AvgIpc) is 2.88. The molecule has 1 fully saturated rings. The number of piperidine rings is 1. The van der Waals surface area contributed by atoms with Crippen molar-refractivity contribution in [2.45, 2.75) is 51.6 Å². The lowest BCUT2D eigenvalue weighted by Gasteiger charge is -2.36. The molecule has 1 aromatic heterocycles. The maximum absolute atomic E-state index is 3.60. The van der Waals surface area contributed by atoms with E-state index in [1.165, 1.54) is 43.6 Å². The Morgan fingerprint density at radius 3 is 3.06 bits per heavy atom. The van der Waals surface area contributed by atoms with E-state index in [-0.39, 0.29) is 0 Å². The molecule has 1 atom stereocenters. The number of likely N-dealkylation sites (tertiary alicyclic amines) is 1. The summed E-state index contributed by atoms with van der Waals surface area (Å²) in [4.78, 5) is 4.22. The first kappa shape index (κ1) is 14.0. The van der Waals surface area contributed by atoms with Gasteiger partial charge in [-0.2, -0.15) is 0 Å². The van der Waals surface area contributed by atoms with Gasteiger partial charge in [0.05, 0.1) is 0 Å². The highest BCUT2D eigenvalue weighted by Crippen LogP contribution is 2.18. The van der Waals surface area contributed by atoms with E-state index in [0.717, 1.165) is 12.6 Å². The van der Waals surface area contributed by atoms with Gasteiger partial charge in [0.2, 0.25) is 0 Å². The Bertz CT molecular complexity index is 321. The van der Waals surface area contributed by atoms with Crippen LogP contribution in [-0.2, 0) is 6.42 Å². The molecule has 0 bridgehead atoms. The smallest absolute Gasteiger partial charge is 0.0220 e. The predicted molar refractivity (Wildman–Crippen MR) is 80.4 cm³/mol. The van der Waals surface area contributed by atoms with Crippen molar-refractivity contribution in [3.8, 4) is 0 Å². The highest BCUT2D eigenvalue weighted by Gasteiger charge is 2.21. The van der Waals surface area contributed by atoms with Gasteiger partial charge in [0.1, 0.15) is 0 Å². The quantitative estimate of drug-likeness (QED) is 0.851. The van der Waals surface area contributed by atoms with Gasteiger partial charge in [-0.15, -0.1) is 11.3 Å². The molecule has 2 heterocycles. The van der Waals surface area contributed by atoms with Gasteiger partial charge in [-0.05, 0) is 37.3 Å². The highest BCUT2D eigenvalue weighted by molar-refractivity contribution is 7.09. The minimum Gasteiger partial charge on any atom is -0.313 e. The summed E-state index contributed by atoms with van der Waals surface area (Å²) in [6.07, 6.45) is 5.36. The molecule has 18 heavy (non-hydrogen) atoms. The Morgan fingerprint density at radius 1 is 1.44 bits per heavy atom. The van der Waals surface area contributed by atoms with Gasteiger partial charge in [0, 0.05) is 30.1 Å². The van der Waals surface area contributed by atoms with E-state index >= 15 is 0 Å². The zero-order chi connectivity index (χ0) is 12.8. The molecule has 1 N–H and O–H groups in total. The maximum Gasteiger partial charge on any atom is 0.0220 e. The van der Waals surface area contributed by atoms with Gasteiger partial charge < -0.3 is 5.32 Å². The number of thiophene rings is 1. The van der Waals surface area contributed by atoms with Crippen LogP contribution in [0, 0.1) is 0 Å². The summed E-state index contributed by atoms with van der Waals surface area (Å²) >= 11 is 1.89. The lowest BCUT2D eigenvalue weighted by molar-refractivity contribution is 0.145. The fourth-order valence-electron chi connectivity index (χ4n) is 2.67. The molecule has 1 saturated heterocycles. The van der Waals surface area contributed by atoms with E-state index in [2.05, 4.69) is 41.6 Å². The van der Waals surface area contributed by atoms with E-state index in [4.69, 9.17) is 0 Å². The minimum atomic E-state index is 0.603. The molecule has 1 aliphatic rings. The number of hydrogen-bond donors (Lipinski definition) is 1. The second-order valence-corrected chi connectivity index (χ2v) is 6.61. The molecule has 0 saturated carbocycles. The Morgan fingerprint density at radius 2 is 2.33 bits per heavy atom. The van der Waals surface area contributed by atoms with Crippen LogP contribution in [0.5, 0.6) is 0 Å². The summed E-state index contributed by atoms with van der Waals surface area (Å²) in [5, 5.41) is 5.78. The number of hydrogen-bond acceptors (Lipinski definition) is 3. The molecule has 0 aromatic carbocycles. The Hall–Kier alpha value is -0.380. The van der Waals surface area contributed by atoms with Crippen LogP contribution in [0.4, 0.5) is 0 Å². The first-order chi connectivity index (χ1) is 8.75. The van der Waals surface area contributed by atoms with Crippen molar-refractivity contribution in [1.29, 1.82) is 0 Å². The van der Waals surface area contributed by atoms with Crippen LogP contribution in [0.2, 0.25) is 0 Å². The molecule has 2 rings (SSSR count). The van der Waals surface area contributed by atoms with Crippen molar-refractivity contribution in [3.05, 3.63) is 22.4 Å². The standard InChI is InChI=1S/C15H26N2S/c1-13(2)16-12-14-6-3-4-9-17(14)10-8-15-7-5-11-18-15/h5,7,11,13-14,16H,3-4,6,8-10,12H2,1-2H3. The molecule has 2 nitrogen and oxygen atoms in total. The molecule has 1 unspecified atom stereocenters. The third-order valence-electron chi connectivity index (χ3n) is 3.74. The van der Waals surface area contributed by atoms with Crippen molar-refractivity contribution in [1.82, 2.24) is 10.2 Å². The Labute approximate surface area is 115 Å².